The van der Waals surface area contributed by atoms with Crippen molar-refractivity contribution < 1.29 is 23.4 Å². The summed E-state index contributed by atoms with van der Waals surface area (Å²) < 4.78 is 36.6. The molecular formula is C14H19F2NO3. The van der Waals surface area contributed by atoms with E-state index in [0.717, 1.165) is 25.5 Å². The minimum absolute atomic E-state index is 0.118. The molecule has 112 valence electrons. The van der Waals surface area contributed by atoms with E-state index in [2.05, 4.69) is 5.32 Å². The van der Waals surface area contributed by atoms with E-state index >= 15 is 0 Å². The lowest BCUT2D eigenvalue weighted by Crippen LogP contribution is -2.27. The summed E-state index contributed by atoms with van der Waals surface area (Å²) in [7, 11) is 0. The smallest absolute Gasteiger partial charge is 0.128 e. The number of benzene rings is 1. The summed E-state index contributed by atoms with van der Waals surface area (Å²) in [5.41, 5.74) is 0.292. The van der Waals surface area contributed by atoms with E-state index in [1.54, 1.807) is 0 Å². The van der Waals surface area contributed by atoms with Crippen molar-refractivity contribution in [2.24, 2.45) is 0 Å². The molecular weight excluding hydrogens is 268 g/mol. The summed E-state index contributed by atoms with van der Waals surface area (Å²) in [5, 5.41) is 12.5. The highest BCUT2D eigenvalue weighted by Crippen LogP contribution is 2.13. The minimum atomic E-state index is -0.747. The normalized spacial score (nSPS) is 20.1. The van der Waals surface area contributed by atoms with Crippen LogP contribution in [0.2, 0.25) is 0 Å². The second-order valence-corrected chi connectivity index (χ2v) is 4.87. The summed E-state index contributed by atoms with van der Waals surface area (Å²) in [6, 6.07) is 3.14. The first-order valence-electron chi connectivity index (χ1n) is 6.71. The molecule has 1 aliphatic heterocycles. The zero-order chi connectivity index (χ0) is 14.4. The van der Waals surface area contributed by atoms with Gasteiger partial charge in [0.25, 0.3) is 0 Å². The van der Waals surface area contributed by atoms with E-state index in [1.165, 1.54) is 12.1 Å². The van der Waals surface area contributed by atoms with Crippen molar-refractivity contribution in [1.82, 2.24) is 0 Å². The molecule has 1 saturated heterocycles. The quantitative estimate of drug-likeness (QED) is 0.804. The van der Waals surface area contributed by atoms with Crippen LogP contribution in [0.1, 0.15) is 12.8 Å². The molecule has 0 aliphatic carbocycles. The van der Waals surface area contributed by atoms with Gasteiger partial charge >= 0.3 is 0 Å². The zero-order valence-corrected chi connectivity index (χ0v) is 11.1. The Hall–Kier alpha value is -1.24. The Morgan fingerprint density at radius 2 is 2.10 bits per heavy atom. The Balaban J connectivity index is 1.65. The second kappa shape index (κ2) is 7.52. The molecule has 1 heterocycles. The largest absolute Gasteiger partial charge is 0.389 e. The summed E-state index contributed by atoms with van der Waals surface area (Å²) >= 11 is 0. The fraction of sp³-hybridized carbons (Fsp3) is 0.571. The first-order chi connectivity index (χ1) is 9.63. The van der Waals surface area contributed by atoms with Crippen LogP contribution < -0.4 is 5.32 Å². The van der Waals surface area contributed by atoms with E-state index in [9.17, 15) is 13.9 Å². The highest BCUT2D eigenvalue weighted by Gasteiger charge is 2.16. The SMILES string of the molecule is OC(CNc1cc(F)cc(F)c1)COCC1CCCO1. The number of rotatable bonds is 7. The van der Waals surface area contributed by atoms with Crippen molar-refractivity contribution in [3.8, 4) is 0 Å². The Bertz CT molecular complexity index is 405. The number of hydrogen-bond donors (Lipinski definition) is 2. The molecule has 0 radical (unpaired) electrons. The third kappa shape index (κ3) is 5.03. The standard InChI is InChI=1S/C14H19F2NO3/c15-10-4-11(16)6-12(5-10)17-7-13(18)8-19-9-14-2-1-3-20-14/h4-6,13-14,17-18H,1-3,7-9H2. The number of nitrogens with one attached hydrogen (secondary N) is 1. The average molecular weight is 287 g/mol. The molecule has 4 nitrogen and oxygen atoms in total. The summed E-state index contributed by atoms with van der Waals surface area (Å²) in [6.07, 6.45) is 1.40. The number of aliphatic hydroxyl groups excluding tert-OH is 1. The molecule has 1 aliphatic rings. The van der Waals surface area contributed by atoms with Gasteiger partial charge in [-0.25, -0.2) is 8.78 Å². The number of hydrogen-bond acceptors (Lipinski definition) is 4. The Morgan fingerprint density at radius 3 is 2.75 bits per heavy atom. The van der Waals surface area contributed by atoms with Crippen LogP contribution in [0, 0.1) is 11.6 Å². The summed E-state index contributed by atoms with van der Waals surface area (Å²) in [6.45, 7) is 1.55. The maximum Gasteiger partial charge on any atom is 0.128 e. The third-order valence-corrected chi connectivity index (χ3v) is 3.04. The Labute approximate surface area is 116 Å². The van der Waals surface area contributed by atoms with Crippen molar-refractivity contribution in [2.45, 2.75) is 25.0 Å². The average Bonchev–Trinajstić information content (AvgIpc) is 2.88. The predicted molar refractivity (Wildman–Crippen MR) is 70.6 cm³/mol. The van der Waals surface area contributed by atoms with E-state index in [4.69, 9.17) is 9.47 Å². The molecule has 6 heteroatoms. The van der Waals surface area contributed by atoms with E-state index in [0.29, 0.717) is 12.3 Å². The van der Waals surface area contributed by atoms with E-state index in [-0.39, 0.29) is 19.3 Å². The van der Waals surface area contributed by atoms with Crippen LogP contribution >= 0.6 is 0 Å². The van der Waals surface area contributed by atoms with Gasteiger partial charge in [0.05, 0.1) is 25.4 Å². The molecule has 0 aromatic heterocycles. The maximum absolute atomic E-state index is 12.9. The molecule has 1 aromatic carbocycles. The van der Waals surface area contributed by atoms with Gasteiger partial charge in [-0.2, -0.15) is 0 Å². The topological polar surface area (TPSA) is 50.7 Å². The molecule has 20 heavy (non-hydrogen) atoms. The highest BCUT2D eigenvalue weighted by molar-refractivity contribution is 5.43. The van der Waals surface area contributed by atoms with Crippen molar-refractivity contribution in [2.75, 3.05) is 31.7 Å². The van der Waals surface area contributed by atoms with E-state index in [1.807, 2.05) is 0 Å². The first kappa shape index (κ1) is 15.2. The molecule has 2 N–H and O–H groups in total. The van der Waals surface area contributed by atoms with Gasteiger partial charge in [-0.05, 0) is 25.0 Å². The van der Waals surface area contributed by atoms with Gasteiger partial charge < -0.3 is 19.9 Å². The molecule has 1 fully saturated rings. The molecule has 2 atom stereocenters. The number of ether oxygens (including phenoxy) is 2. The molecule has 0 spiro atoms. The molecule has 0 bridgehead atoms. The lowest BCUT2D eigenvalue weighted by molar-refractivity contribution is -0.0137. The fourth-order valence-corrected chi connectivity index (χ4v) is 2.06. The maximum atomic E-state index is 12.9. The molecule has 2 unspecified atom stereocenters. The number of halogens is 2. The van der Waals surface area contributed by atoms with Gasteiger partial charge in [0.1, 0.15) is 11.6 Å². The van der Waals surface area contributed by atoms with Crippen LogP contribution in [0.4, 0.5) is 14.5 Å². The van der Waals surface area contributed by atoms with Crippen molar-refractivity contribution in [1.29, 1.82) is 0 Å². The lowest BCUT2D eigenvalue weighted by atomic mass is 10.2. The molecule has 1 aromatic rings. The van der Waals surface area contributed by atoms with Crippen molar-refractivity contribution >= 4 is 5.69 Å². The molecule has 0 amide bonds. The van der Waals surface area contributed by atoms with Crippen LogP contribution in [0.3, 0.4) is 0 Å². The third-order valence-electron chi connectivity index (χ3n) is 3.04. The van der Waals surface area contributed by atoms with Gasteiger partial charge in [0, 0.05) is 24.9 Å². The van der Waals surface area contributed by atoms with Crippen LogP contribution in [-0.4, -0.2) is 43.7 Å². The summed E-state index contributed by atoms with van der Waals surface area (Å²) in [5.74, 6) is -1.31. The molecule has 0 saturated carbocycles. The van der Waals surface area contributed by atoms with Gasteiger partial charge in [0.2, 0.25) is 0 Å². The highest BCUT2D eigenvalue weighted by atomic mass is 19.1. The van der Waals surface area contributed by atoms with Gasteiger partial charge in [-0.1, -0.05) is 0 Å². The van der Waals surface area contributed by atoms with E-state index < -0.39 is 17.7 Å². The Morgan fingerprint density at radius 1 is 1.35 bits per heavy atom. The Kier molecular flexibility index (Phi) is 5.70. The second-order valence-electron chi connectivity index (χ2n) is 4.87. The predicted octanol–water partition coefficient (Wildman–Crippen LogP) is 1.93. The van der Waals surface area contributed by atoms with Gasteiger partial charge in [-0.15, -0.1) is 0 Å². The zero-order valence-electron chi connectivity index (χ0n) is 11.1. The van der Waals surface area contributed by atoms with Crippen LogP contribution in [0.25, 0.3) is 0 Å². The fourth-order valence-electron chi connectivity index (χ4n) is 2.06. The number of aliphatic hydroxyl groups is 1. The van der Waals surface area contributed by atoms with Crippen LogP contribution in [0.15, 0.2) is 18.2 Å². The first-order valence-corrected chi connectivity index (χ1v) is 6.71. The lowest BCUT2D eigenvalue weighted by Gasteiger charge is -2.15. The monoisotopic (exact) mass is 287 g/mol. The molecule has 2 rings (SSSR count). The number of anilines is 1. The van der Waals surface area contributed by atoms with Gasteiger partial charge in [0.15, 0.2) is 0 Å². The minimum Gasteiger partial charge on any atom is -0.389 e. The van der Waals surface area contributed by atoms with Gasteiger partial charge in [-0.3, -0.25) is 0 Å². The van der Waals surface area contributed by atoms with Crippen molar-refractivity contribution in [3.05, 3.63) is 29.8 Å². The van der Waals surface area contributed by atoms with Crippen LogP contribution in [-0.2, 0) is 9.47 Å². The van der Waals surface area contributed by atoms with Crippen molar-refractivity contribution in [3.63, 3.8) is 0 Å². The van der Waals surface area contributed by atoms with Crippen LogP contribution in [0.5, 0.6) is 0 Å². The summed E-state index contributed by atoms with van der Waals surface area (Å²) in [4.78, 5) is 0.